The van der Waals surface area contributed by atoms with Crippen LogP contribution in [0.5, 0.6) is 5.75 Å². The van der Waals surface area contributed by atoms with Gasteiger partial charge in [0.15, 0.2) is 0 Å². The maximum atomic E-state index is 12.1. The second kappa shape index (κ2) is 7.79. The number of anilines is 1. The van der Waals surface area contributed by atoms with E-state index in [2.05, 4.69) is 5.32 Å². The van der Waals surface area contributed by atoms with Gasteiger partial charge in [0.2, 0.25) is 15.9 Å². The van der Waals surface area contributed by atoms with Gasteiger partial charge in [-0.2, -0.15) is 4.31 Å². The number of hydrogen-bond acceptors (Lipinski definition) is 4. The minimum Gasteiger partial charge on any atom is -0.495 e. The zero-order valence-corrected chi connectivity index (χ0v) is 14.4. The number of nitrogens with zero attached hydrogens (tertiary/aromatic N) is 1. The zero-order chi connectivity index (χ0) is 16.9. The van der Waals surface area contributed by atoms with E-state index in [4.69, 9.17) is 4.74 Å². The fraction of sp³-hybridized carbons (Fsp3) is 0.562. The van der Waals surface area contributed by atoms with Crippen molar-refractivity contribution in [3.05, 3.63) is 24.3 Å². The van der Waals surface area contributed by atoms with Gasteiger partial charge in [-0.15, -0.1) is 0 Å². The van der Waals surface area contributed by atoms with E-state index in [-0.39, 0.29) is 24.9 Å². The minimum atomic E-state index is -3.30. The van der Waals surface area contributed by atoms with Crippen molar-refractivity contribution in [2.75, 3.05) is 25.2 Å². The van der Waals surface area contributed by atoms with Gasteiger partial charge in [0, 0.05) is 19.0 Å². The van der Waals surface area contributed by atoms with E-state index in [0.29, 0.717) is 11.4 Å². The predicted octanol–water partition coefficient (Wildman–Crippen LogP) is 2.23. The number of hydrogen-bond donors (Lipinski definition) is 1. The predicted molar refractivity (Wildman–Crippen MR) is 90.0 cm³/mol. The van der Waals surface area contributed by atoms with E-state index in [1.54, 1.807) is 18.2 Å². The number of carbonyl (C=O) groups is 1. The smallest absolute Gasteiger partial charge is 0.225 e. The molecule has 1 aromatic rings. The van der Waals surface area contributed by atoms with Crippen molar-refractivity contribution in [1.82, 2.24) is 4.31 Å². The molecular weight excluding hydrogens is 316 g/mol. The van der Waals surface area contributed by atoms with Crippen LogP contribution in [0.15, 0.2) is 24.3 Å². The highest BCUT2D eigenvalue weighted by Crippen LogP contribution is 2.26. The van der Waals surface area contributed by atoms with Gasteiger partial charge in [0.05, 0.1) is 19.1 Å². The molecule has 1 aliphatic rings. The first-order valence-corrected chi connectivity index (χ1v) is 9.66. The summed E-state index contributed by atoms with van der Waals surface area (Å²) < 4.78 is 30.6. The van der Waals surface area contributed by atoms with E-state index in [1.165, 1.54) is 17.7 Å². The van der Waals surface area contributed by atoms with Crippen LogP contribution in [0.1, 0.15) is 32.1 Å². The first-order valence-electron chi connectivity index (χ1n) is 7.81. The summed E-state index contributed by atoms with van der Waals surface area (Å²) in [7, 11) is -1.76. The van der Waals surface area contributed by atoms with E-state index in [0.717, 1.165) is 25.7 Å². The first kappa shape index (κ1) is 17.7. The summed E-state index contributed by atoms with van der Waals surface area (Å²) >= 11 is 0. The molecule has 1 N–H and O–H groups in total. The van der Waals surface area contributed by atoms with Crippen LogP contribution in [0, 0.1) is 0 Å². The van der Waals surface area contributed by atoms with Crippen LogP contribution < -0.4 is 10.1 Å². The Labute approximate surface area is 137 Å². The lowest BCUT2D eigenvalue weighted by Gasteiger charge is -2.26. The summed E-state index contributed by atoms with van der Waals surface area (Å²) in [5.41, 5.74) is 0.590. The fourth-order valence-electron chi connectivity index (χ4n) is 2.98. The van der Waals surface area contributed by atoms with Crippen LogP contribution in [0.3, 0.4) is 0 Å². The van der Waals surface area contributed by atoms with E-state index in [1.807, 2.05) is 6.07 Å². The number of carbonyl (C=O) groups excluding carboxylic acids is 1. The third-order valence-corrected chi connectivity index (χ3v) is 5.43. The molecule has 7 heteroatoms. The molecule has 2 rings (SSSR count). The van der Waals surface area contributed by atoms with Crippen LogP contribution in [-0.2, 0) is 14.8 Å². The highest BCUT2D eigenvalue weighted by molar-refractivity contribution is 7.88. The van der Waals surface area contributed by atoms with Crippen molar-refractivity contribution in [3.8, 4) is 5.75 Å². The van der Waals surface area contributed by atoms with Crippen molar-refractivity contribution >= 4 is 21.6 Å². The van der Waals surface area contributed by atoms with Gasteiger partial charge >= 0.3 is 0 Å². The molecule has 0 saturated heterocycles. The van der Waals surface area contributed by atoms with Crippen LogP contribution in [0.2, 0.25) is 0 Å². The lowest BCUT2D eigenvalue weighted by molar-refractivity contribution is -0.116. The Morgan fingerprint density at radius 2 is 1.96 bits per heavy atom. The van der Waals surface area contributed by atoms with Gasteiger partial charge < -0.3 is 10.1 Å². The molecule has 1 aliphatic carbocycles. The lowest BCUT2D eigenvalue weighted by atomic mass is 10.2. The van der Waals surface area contributed by atoms with Crippen LogP contribution in [0.4, 0.5) is 5.69 Å². The number of amides is 1. The zero-order valence-electron chi connectivity index (χ0n) is 13.6. The molecule has 128 valence electrons. The Balaban J connectivity index is 1.96. The first-order chi connectivity index (χ1) is 10.9. The van der Waals surface area contributed by atoms with Crippen LogP contribution in [-0.4, -0.2) is 44.6 Å². The summed E-state index contributed by atoms with van der Waals surface area (Å²) in [6.45, 7) is 0.213. The monoisotopic (exact) mass is 340 g/mol. The van der Waals surface area contributed by atoms with Crippen molar-refractivity contribution in [3.63, 3.8) is 0 Å². The van der Waals surface area contributed by atoms with Crippen molar-refractivity contribution in [2.45, 2.75) is 38.1 Å². The number of para-hydroxylation sites is 2. The Morgan fingerprint density at radius 1 is 1.30 bits per heavy atom. The number of nitrogens with one attached hydrogen (secondary N) is 1. The molecule has 0 spiro atoms. The molecule has 23 heavy (non-hydrogen) atoms. The Hall–Kier alpha value is -1.60. The topological polar surface area (TPSA) is 75.7 Å². The maximum Gasteiger partial charge on any atom is 0.225 e. The average molecular weight is 340 g/mol. The number of sulfonamides is 1. The Morgan fingerprint density at radius 3 is 2.57 bits per heavy atom. The van der Waals surface area contributed by atoms with Gasteiger partial charge in [-0.05, 0) is 25.0 Å². The second-order valence-corrected chi connectivity index (χ2v) is 7.75. The molecule has 1 amide bonds. The van der Waals surface area contributed by atoms with E-state index >= 15 is 0 Å². The standard InChI is InChI=1S/C16H24N2O4S/c1-22-15-10-6-5-9-14(15)17-16(19)11-12-18(23(2,20)21)13-7-3-4-8-13/h5-6,9-10,13H,3-4,7-8,11-12H2,1-2H3,(H,17,19). The fourth-order valence-corrected chi connectivity index (χ4v) is 4.16. The van der Waals surface area contributed by atoms with Crippen molar-refractivity contribution in [1.29, 1.82) is 0 Å². The third-order valence-electron chi connectivity index (χ3n) is 4.10. The number of rotatable bonds is 7. The summed E-state index contributed by atoms with van der Waals surface area (Å²) in [5.74, 6) is 0.359. The molecule has 0 aromatic heterocycles. The molecule has 0 atom stereocenters. The molecule has 0 heterocycles. The van der Waals surface area contributed by atoms with Gasteiger partial charge in [-0.3, -0.25) is 4.79 Å². The molecule has 0 bridgehead atoms. The molecule has 1 saturated carbocycles. The van der Waals surface area contributed by atoms with Gasteiger partial charge in [0.1, 0.15) is 5.75 Å². The quantitative estimate of drug-likeness (QED) is 0.826. The third kappa shape index (κ3) is 4.94. The van der Waals surface area contributed by atoms with Gasteiger partial charge in [0.25, 0.3) is 0 Å². The van der Waals surface area contributed by atoms with Gasteiger partial charge in [-0.25, -0.2) is 8.42 Å². The number of ether oxygens (including phenoxy) is 1. The molecule has 6 nitrogen and oxygen atoms in total. The summed E-state index contributed by atoms with van der Waals surface area (Å²) in [6.07, 6.45) is 5.18. The Bertz CT molecular complexity index is 639. The molecule has 0 unspecified atom stereocenters. The SMILES string of the molecule is COc1ccccc1NC(=O)CCN(C1CCCC1)S(C)(=O)=O. The number of methoxy groups -OCH3 is 1. The van der Waals surface area contributed by atoms with E-state index < -0.39 is 10.0 Å². The lowest BCUT2D eigenvalue weighted by Crippen LogP contribution is -2.39. The minimum absolute atomic E-state index is 0.0315. The molecule has 1 fully saturated rings. The summed E-state index contributed by atoms with van der Waals surface area (Å²) in [5, 5.41) is 2.77. The van der Waals surface area contributed by atoms with Crippen molar-refractivity contribution in [2.24, 2.45) is 0 Å². The highest BCUT2D eigenvalue weighted by Gasteiger charge is 2.29. The average Bonchev–Trinajstić information content (AvgIpc) is 3.00. The normalized spacial score (nSPS) is 15.8. The molecule has 0 aliphatic heterocycles. The van der Waals surface area contributed by atoms with E-state index in [9.17, 15) is 13.2 Å². The molecule has 0 radical (unpaired) electrons. The number of benzene rings is 1. The van der Waals surface area contributed by atoms with Crippen LogP contribution in [0.25, 0.3) is 0 Å². The second-order valence-electron chi connectivity index (χ2n) is 5.81. The maximum absolute atomic E-state index is 12.1. The van der Waals surface area contributed by atoms with Crippen molar-refractivity contribution < 1.29 is 17.9 Å². The Kier molecular flexibility index (Phi) is 6.01. The largest absolute Gasteiger partial charge is 0.495 e. The molecular formula is C16H24N2O4S. The summed E-state index contributed by atoms with van der Waals surface area (Å²) in [6, 6.07) is 7.17. The van der Waals surface area contributed by atoms with Crippen LogP contribution >= 0.6 is 0 Å². The molecule has 1 aromatic carbocycles. The van der Waals surface area contributed by atoms with Gasteiger partial charge in [-0.1, -0.05) is 25.0 Å². The highest BCUT2D eigenvalue weighted by atomic mass is 32.2. The summed E-state index contributed by atoms with van der Waals surface area (Å²) in [4.78, 5) is 12.1.